The molecule has 0 N–H and O–H groups in total. The molecule has 3 aromatic carbocycles. The molecule has 0 heterocycles. The first kappa shape index (κ1) is 17.2. The fourth-order valence-corrected chi connectivity index (χ4v) is 4.98. The van der Waals surface area contributed by atoms with Gasteiger partial charge >= 0.3 is 0 Å². The maximum absolute atomic E-state index is 13.3. The van der Waals surface area contributed by atoms with E-state index in [1.165, 1.54) is 33.4 Å². The number of benzene rings is 3. The standard InChI is InChI=1S/C24H24OS/c1-17-3-13-23(14-4-17)26(25)24-16-20-6-5-19-7-9-21(18(2)15-19)11-12-22(24)10-8-20/h3-4,7-10,13-16H,5-6,11-12H2,1-2H3. The third-order valence-electron chi connectivity index (χ3n) is 5.34. The van der Waals surface area contributed by atoms with E-state index >= 15 is 0 Å². The first-order chi connectivity index (χ1) is 12.6. The average molecular weight is 361 g/mol. The Morgan fingerprint density at radius 2 is 1.31 bits per heavy atom. The molecule has 132 valence electrons. The minimum Gasteiger partial charge on any atom is -0.249 e. The fraction of sp³-hybridized carbons (Fsp3) is 0.250. The maximum Gasteiger partial charge on any atom is 0.0852 e. The van der Waals surface area contributed by atoms with E-state index in [1.54, 1.807) is 0 Å². The highest BCUT2D eigenvalue weighted by Crippen LogP contribution is 2.26. The zero-order valence-corrected chi connectivity index (χ0v) is 16.2. The quantitative estimate of drug-likeness (QED) is 0.602. The van der Waals surface area contributed by atoms with E-state index in [-0.39, 0.29) is 0 Å². The van der Waals surface area contributed by atoms with Crippen molar-refractivity contribution in [3.8, 4) is 0 Å². The lowest BCUT2D eigenvalue weighted by Crippen LogP contribution is -2.05. The normalized spacial score (nSPS) is 14.7. The lowest BCUT2D eigenvalue weighted by Gasteiger charge is -2.15. The molecule has 4 bridgehead atoms. The average Bonchev–Trinajstić information content (AvgIpc) is 2.64. The molecule has 1 unspecified atom stereocenters. The van der Waals surface area contributed by atoms with Crippen LogP contribution in [-0.2, 0) is 36.5 Å². The molecule has 26 heavy (non-hydrogen) atoms. The Labute approximate surface area is 158 Å². The first-order valence-electron chi connectivity index (χ1n) is 9.29. The molecule has 7 rings (SSSR count). The lowest BCUT2D eigenvalue weighted by molar-refractivity contribution is 0.681. The fourth-order valence-electron chi connectivity index (χ4n) is 3.67. The van der Waals surface area contributed by atoms with Crippen molar-refractivity contribution in [3.05, 3.63) is 94.0 Å². The summed E-state index contributed by atoms with van der Waals surface area (Å²) in [5.74, 6) is 0. The molecule has 0 fully saturated rings. The summed E-state index contributed by atoms with van der Waals surface area (Å²) in [5.41, 5.74) is 7.82. The second-order valence-electron chi connectivity index (χ2n) is 7.28. The Balaban J connectivity index is 1.74. The third kappa shape index (κ3) is 3.52. The zero-order valence-electron chi connectivity index (χ0n) is 15.4. The minimum absolute atomic E-state index is 0.889. The van der Waals surface area contributed by atoms with E-state index in [4.69, 9.17) is 0 Å². The van der Waals surface area contributed by atoms with Crippen molar-refractivity contribution in [2.75, 3.05) is 0 Å². The summed E-state index contributed by atoms with van der Waals surface area (Å²) in [7, 11) is -1.13. The summed E-state index contributed by atoms with van der Waals surface area (Å²) in [6.45, 7) is 4.27. The number of rotatable bonds is 2. The summed E-state index contributed by atoms with van der Waals surface area (Å²) >= 11 is 0. The summed E-state index contributed by atoms with van der Waals surface area (Å²) in [6.07, 6.45) is 3.92. The molecule has 4 aliphatic carbocycles. The van der Waals surface area contributed by atoms with Gasteiger partial charge in [0.15, 0.2) is 0 Å². The van der Waals surface area contributed by atoms with Crippen LogP contribution in [0.2, 0.25) is 0 Å². The van der Waals surface area contributed by atoms with Gasteiger partial charge in [-0.3, -0.25) is 0 Å². The smallest absolute Gasteiger partial charge is 0.0852 e. The van der Waals surface area contributed by atoms with Gasteiger partial charge in [-0.2, -0.15) is 0 Å². The monoisotopic (exact) mass is 360 g/mol. The molecule has 1 atom stereocenters. The van der Waals surface area contributed by atoms with Gasteiger partial charge in [-0.25, -0.2) is 4.21 Å². The van der Waals surface area contributed by atoms with Gasteiger partial charge in [0.2, 0.25) is 0 Å². The van der Waals surface area contributed by atoms with Crippen LogP contribution in [0.4, 0.5) is 0 Å². The Hall–Kier alpha value is -2.19. The molecule has 0 spiro atoms. The maximum atomic E-state index is 13.3. The Kier molecular flexibility index (Phi) is 4.78. The van der Waals surface area contributed by atoms with Crippen LogP contribution in [0.5, 0.6) is 0 Å². The lowest BCUT2D eigenvalue weighted by atomic mass is 9.94. The predicted octanol–water partition coefficient (Wildman–Crippen LogP) is 5.35. The molecule has 0 radical (unpaired) electrons. The van der Waals surface area contributed by atoms with Crippen molar-refractivity contribution in [3.63, 3.8) is 0 Å². The summed E-state index contributed by atoms with van der Waals surface area (Å²) < 4.78 is 13.3. The molecule has 0 saturated heterocycles. The first-order valence-corrected chi connectivity index (χ1v) is 10.4. The van der Waals surface area contributed by atoms with Crippen LogP contribution in [0.15, 0.2) is 70.5 Å². The Bertz CT molecular complexity index is 970. The highest BCUT2D eigenvalue weighted by molar-refractivity contribution is 7.85. The molecule has 4 aliphatic rings. The molecule has 0 saturated carbocycles. The second kappa shape index (κ2) is 7.20. The number of hydrogen-bond acceptors (Lipinski definition) is 1. The van der Waals surface area contributed by atoms with Crippen LogP contribution in [0, 0.1) is 13.8 Å². The SMILES string of the molecule is Cc1ccc(S(=O)c2cc3ccc2CCc2ccc(cc2C)CC3)cc1. The Morgan fingerprint density at radius 3 is 2.00 bits per heavy atom. The minimum atomic E-state index is -1.13. The van der Waals surface area contributed by atoms with Crippen LogP contribution in [0.1, 0.15) is 33.4 Å². The van der Waals surface area contributed by atoms with E-state index in [2.05, 4.69) is 50.2 Å². The summed E-state index contributed by atoms with van der Waals surface area (Å²) in [6, 6.07) is 21.5. The molecule has 0 aliphatic heterocycles. The van der Waals surface area contributed by atoms with Gasteiger partial charge in [-0.05, 0) is 85.5 Å². The van der Waals surface area contributed by atoms with Crippen molar-refractivity contribution in [1.82, 2.24) is 0 Å². The molecule has 0 amide bonds. The molecule has 3 aromatic rings. The van der Waals surface area contributed by atoms with Gasteiger partial charge in [0, 0.05) is 9.79 Å². The van der Waals surface area contributed by atoms with Gasteiger partial charge in [0.05, 0.1) is 10.8 Å². The van der Waals surface area contributed by atoms with E-state index in [9.17, 15) is 4.21 Å². The van der Waals surface area contributed by atoms with Crippen LogP contribution >= 0.6 is 0 Å². The topological polar surface area (TPSA) is 17.1 Å². The van der Waals surface area contributed by atoms with E-state index in [1.807, 2.05) is 24.3 Å². The predicted molar refractivity (Wildman–Crippen MR) is 108 cm³/mol. The molecule has 0 aromatic heterocycles. The van der Waals surface area contributed by atoms with Gasteiger partial charge in [0.25, 0.3) is 0 Å². The van der Waals surface area contributed by atoms with E-state index in [0.717, 1.165) is 35.5 Å². The summed E-state index contributed by atoms with van der Waals surface area (Å²) in [4.78, 5) is 1.87. The van der Waals surface area contributed by atoms with Gasteiger partial charge in [0.1, 0.15) is 0 Å². The van der Waals surface area contributed by atoms with E-state index < -0.39 is 10.8 Å². The van der Waals surface area contributed by atoms with Crippen molar-refractivity contribution in [2.24, 2.45) is 0 Å². The van der Waals surface area contributed by atoms with Gasteiger partial charge in [-0.15, -0.1) is 0 Å². The number of hydrogen-bond donors (Lipinski definition) is 0. The van der Waals surface area contributed by atoms with E-state index in [0.29, 0.717) is 0 Å². The van der Waals surface area contributed by atoms with Gasteiger partial charge < -0.3 is 0 Å². The molecule has 1 nitrogen and oxygen atoms in total. The van der Waals surface area contributed by atoms with Crippen LogP contribution in [0.25, 0.3) is 0 Å². The highest BCUT2D eigenvalue weighted by atomic mass is 32.2. The third-order valence-corrected chi connectivity index (χ3v) is 6.82. The highest BCUT2D eigenvalue weighted by Gasteiger charge is 2.15. The van der Waals surface area contributed by atoms with Gasteiger partial charge in [-0.1, -0.05) is 48.0 Å². The van der Waals surface area contributed by atoms with Crippen molar-refractivity contribution < 1.29 is 4.21 Å². The van der Waals surface area contributed by atoms with Crippen LogP contribution < -0.4 is 0 Å². The van der Waals surface area contributed by atoms with Crippen molar-refractivity contribution in [2.45, 2.75) is 49.3 Å². The van der Waals surface area contributed by atoms with Crippen LogP contribution in [-0.4, -0.2) is 4.21 Å². The second-order valence-corrected chi connectivity index (χ2v) is 8.73. The van der Waals surface area contributed by atoms with Crippen molar-refractivity contribution >= 4 is 10.8 Å². The molecule has 2 heteroatoms. The van der Waals surface area contributed by atoms with Crippen molar-refractivity contribution in [1.29, 1.82) is 0 Å². The van der Waals surface area contributed by atoms with Crippen LogP contribution in [0.3, 0.4) is 0 Å². The molecular formula is C24H24OS. The number of aryl methyl sites for hydroxylation is 6. The largest absolute Gasteiger partial charge is 0.249 e. The summed E-state index contributed by atoms with van der Waals surface area (Å²) in [5, 5.41) is 0. The Morgan fingerprint density at radius 1 is 0.692 bits per heavy atom. The zero-order chi connectivity index (χ0) is 18.1. The molecular weight excluding hydrogens is 336 g/mol.